The lowest BCUT2D eigenvalue weighted by atomic mass is 10.2. The number of hydrogen-bond donors (Lipinski definition) is 1. The van der Waals surface area contributed by atoms with Crippen molar-refractivity contribution in [3.8, 4) is 0 Å². The second kappa shape index (κ2) is 4.99. The highest BCUT2D eigenvalue weighted by Gasteiger charge is 2.19. The molecule has 0 spiro atoms. The van der Waals surface area contributed by atoms with Gasteiger partial charge in [0.2, 0.25) is 0 Å². The molecule has 3 rings (SSSR count). The SMILES string of the molecule is O=C(O)c1ccoc1Cn1nc2n(c1=O)CCCCC2. The summed E-state index contributed by atoms with van der Waals surface area (Å²) in [5.41, 5.74) is -0.130. The van der Waals surface area contributed by atoms with Gasteiger partial charge in [0.05, 0.1) is 6.26 Å². The molecule has 0 aromatic carbocycles. The van der Waals surface area contributed by atoms with Crippen LogP contribution in [0.25, 0.3) is 0 Å². The van der Waals surface area contributed by atoms with Gasteiger partial charge >= 0.3 is 11.7 Å². The molecule has 0 fully saturated rings. The fourth-order valence-electron chi connectivity index (χ4n) is 2.52. The van der Waals surface area contributed by atoms with Gasteiger partial charge in [-0.2, -0.15) is 5.10 Å². The number of rotatable bonds is 3. The molecule has 20 heavy (non-hydrogen) atoms. The summed E-state index contributed by atoms with van der Waals surface area (Å²) in [5, 5.41) is 13.3. The van der Waals surface area contributed by atoms with E-state index in [4.69, 9.17) is 9.52 Å². The maximum atomic E-state index is 12.2. The van der Waals surface area contributed by atoms with Crippen LogP contribution in [-0.4, -0.2) is 25.4 Å². The fraction of sp³-hybridized carbons (Fsp3) is 0.462. The van der Waals surface area contributed by atoms with Crippen molar-refractivity contribution < 1.29 is 14.3 Å². The molecule has 0 unspecified atom stereocenters. The van der Waals surface area contributed by atoms with Gasteiger partial charge in [0.25, 0.3) is 0 Å². The molecule has 0 bridgehead atoms. The normalized spacial score (nSPS) is 14.8. The van der Waals surface area contributed by atoms with E-state index in [-0.39, 0.29) is 23.6 Å². The Morgan fingerprint density at radius 2 is 2.25 bits per heavy atom. The summed E-state index contributed by atoms with van der Waals surface area (Å²) in [4.78, 5) is 23.3. The molecule has 0 saturated carbocycles. The molecular weight excluding hydrogens is 262 g/mol. The highest BCUT2D eigenvalue weighted by Crippen LogP contribution is 2.13. The molecule has 3 heterocycles. The standard InChI is InChI=1S/C13H15N3O4/c17-12(18)9-5-7-20-10(9)8-16-13(19)15-6-3-1-2-4-11(15)14-16/h5,7H,1-4,6,8H2,(H,17,18). The van der Waals surface area contributed by atoms with Crippen LogP contribution in [0.1, 0.15) is 41.2 Å². The predicted molar refractivity (Wildman–Crippen MR) is 68.8 cm³/mol. The molecule has 1 aliphatic heterocycles. The van der Waals surface area contributed by atoms with Gasteiger partial charge in [-0.1, -0.05) is 6.42 Å². The number of carboxylic acids is 1. The van der Waals surface area contributed by atoms with Gasteiger partial charge in [-0.3, -0.25) is 4.57 Å². The van der Waals surface area contributed by atoms with E-state index >= 15 is 0 Å². The second-order valence-corrected chi connectivity index (χ2v) is 4.88. The van der Waals surface area contributed by atoms with E-state index in [1.807, 2.05) is 0 Å². The third kappa shape index (κ3) is 2.15. The molecular formula is C13H15N3O4. The molecule has 0 radical (unpaired) electrons. The van der Waals surface area contributed by atoms with Gasteiger partial charge in [0.15, 0.2) is 0 Å². The molecule has 1 N–H and O–H groups in total. The van der Waals surface area contributed by atoms with Crippen LogP contribution < -0.4 is 5.69 Å². The predicted octanol–water partition coefficient (Wildman–Crippen LogP) is 1.11. The van der Waals surface area contributed by atoms with Crippen molar-refractivity contribution in [2.75, 3.05) is 0 Å². The third-order valence-electron chi connectivity index (χ3n) is 3.55. The van der Waals surface area contributed by atoms with Crippen molar-refractivity contribution >= 4 is 5.97 Å². The van der Waals surface area contributed by atoms with Gasteiger partial charge in [-0.25, -0.2) is 14.3 Å². The Balaban J connectivity index is 1.94. The molecule has 0 amide bonds. The molecule has 0 aliphatic carbocycles. The van der Waals surface area contributed by atoms with Crippen LogP contribution in [0.2, 0.25) is 0 Å². The molecule has 0 saturated heterocycles. The first-order valence-corrected chi connectivity index (χ1v) is 6.63. The van der Waals surface area contributed by atoms with E-state index in [0.717, 1.165) is 31.5 Å². The van der Waals surface area contributed by atoms with Crippen LogP contribution in [0.3, 0.4) is 0 Å². The topological polar surface area (TPSA) is 90.3 Å². The summed E-state index contributed by atoms with van der Waals surface area (Å²) in [6.45, 7) is 0.728. The lowest BCUT2D eigenvalue weighted by Gasteiger charge is -1.99. The van der Waals surface area contributed by atoms with Crippen LogP contribution in [-0.2, 0) is 19.5 Å². The minimum atomic E-state index is -1.07. The van der Waals surface area contributed by atoms with Crippen molar-refractivity contribution in [3.63, 3.8) is 0 Å². The van der Waals surface area contributed by atoms with Gasteiger partial charge in [-0.05, 0) is 18.9 Å². The van der Waals surface area contributed by atoms with Crippen LogP contribution in [0, 0.1) is 0 Å². The van der Waals surface area contributed by atoms with Crippen molar-refractivity contribution in [1.82, 2.24) is 14.3 Å². The first-order valence-electron chi connectivity index (χ1n) is 6.63. The minimum Gasteiger partial charge on any atom is -0.478 e. The summed E-state index contributed by atoms with van der Waals surface area (Å²) in [7, 11) is 0. The van der Waals surface area contributed by atoms with Gasteiger partial charge in [0.1, 0.15) is 23.7 Å². The van der Waals surface area contributed by atoms with Gasteiger partial charge < -0.3 is 9.52 Å². The van der Waals surface area contributed by atoms with E-state index < -0.39 is 5.97 Å². The number of aromatic carboxylic acids is 1. The maximum Gasteiger partial charge on any atom is 0.346 e. The Bertz CT molecular complexity index is 695. The summed E-state index contributed by atoms with van der Waals surface area (Å²) >= 11 is 0. The fourth-order valence-corrected chi connectivity index (χ4v) is 2.52. The number of nitrogens with zero attached hydrogens (tertiary/aromatic N) is 3. The first-order chi connectivity index (χ1) is 9.66. The van der Waals surface area contributed by atoms with Gasteiger partial charge in [-0.15, -0.1) is 0 Å². The van der Waals surface area contributed by atoms with E-state index in [0.29, 0.717) is 6.54 Å². The lowest BCUT2D eigenvalue weighted by Crippen LogP contribution is -2.26. The highest BCUT2D eigenvalue weighted by molar-refractivity contribution is 5.88. The maximum absolute atomic E-state index is 12.2. The van der Waals surface area contributed by atoms with Crippen molar-refractivity contribution in [2.24, 2.45) is 0 Å². The van der Waals surface area contributed by atoms with Crippen LogP contribution in [0.4, 0.5) is 0 Å². The first kappa shape index (κ1) is 12.7. The van der Waals surface area contributed by atoms with Gasteiger partial charge in [0, 0.05) is 13.0 Å². The van der Waals surface area contributed by atoms with Crippen LogP contribution in [0.5, 0.6) is 0 Å². The van der Waals surface area contributed by atoms with Crippen molar-refractivity contribution in [2.45, 2.75) is 38.8 Å². The Hall–Kier alpha value is -2.31. The number of carbonyl (C=O) groups is 1. The second-order valence-electron chi connectivity index (χ2n) is 4.88. The highest BCUT2D eigenvalue weighted by atomic mass is 16.4. The average Bonchev–Trinajstić information content (AvgIpc) is 2.90. The largest absolute Gasteiger partial charge is 0.478 e. The molecule has 7 nitrogen and oxygen atoms in total. The van der Waals surface area contributed by atoms with Crippen molar-refractivity contribution in [1.29, 1.82) is 0 Å². The molecule has 1 aliphatic rings. The quantitative estimate of drug-likeness (QED) is 0.907. The summed E-state index contributed by atoms with van der Waals surface area (Å²) < 4.78 is 8.11. The zero-order valence-electron chi connectivity index (χ0n) is 10.9. The number of furan rings is 1. The molecule has 106 valence electrons. The molecule has 0 atom stereocenters. The number of fused-ring (bicyclic) bond motifs is 1. The van der Waals surface area contributed by atoms with E-state index in [1.165, 1.54) is 17.0 Å². The zero-order valence-corrected chi connectivity index (χ0v) is 10.9. The molecule has 2 aromatic rings. The molecule has 7 heteroatoms. The summed E-state index contributed by atoms with van der Waals surface area (Å²) in [6, 6.07) is 1.38. The van der Waals surface area contributed by atoms with Crippen LogP contribution >= 0.6 is 0 Å². The number of aryl methyl sites for hydroxylation is 1. The summed E-state index contributed by atoms with van der Waals surface area (Å²) in [6.07, 6.45) is 5.19. The number of hydrogen-bond acceptors (Lipinski definition) is 4. The monoisotopic (exact) mass is 277 g/mol. The smallest absolute Gasteiger partial charge is 0.346 e. The Kier molecular flexibility index (Phi) is 3.17. The third-order valence-corrected chi connectivity index (χ3v) is 3.55. The Morgan fingerprint density at radius 1 is 1.40 bits per heavy atom. The average molecular weight is 277 g/mol. The Morgan fingerprint density at radius 3 is 3.05 bits per heavy atom. The summed E-state index contributed by atoms with van der Waals surface area (Å²) in [5.74, 6) is -0.0497. The lowest BCUT2D eigenvalue weighted by molar-refractivity contribution is 0.0694. The Labute approximate surface area is 114 Å². The number of carboxylic acid groups (broad SMARTS) is 1. The van der Waals surface area contributed by atoms with E-state index in [9.17, 15) is 9.59 Å². The minimum absolute atomic E-state index is 0.0491. The molecule has 2 aromatic heterocycles. The van der Waals surface area contributed by atoms with Crippen molar-refractivity contribution in [3.05, 3.63) is 40.0 Å². The number of aromatic nitrogens is 3. The zero-order chi connectivity index (χ0) is 14.1. The van der Waals surface area contributed by atoms with E-state index in [1.54, 1.807) is 4.57 Å². The van der Waals surface area contributed by atoms with E-state index in [2.05, 4.69) is 5.10 Å². The van der Waals surface area contributed by atoms with Crippen LogP contribution in [0.15, 0.2) is 21.5 Å².